The van der Waals surface area contributed by atoms with Crippen molar-refractivity contribution >= 4 is 11.8 Å². The smallest absolute Gasteiger partial charge is 0.254 e. The van der Waals surface area contributed by atoms with Crippen LogP contribution in [0, 0.1) is 24.5 Å². The van der Waals surface area contributed by atoms with Gasteiger partial charge in [0.05, 0.1) is 6.54 Å². The van der Waals surface area contributed by atoms with Gasteiger partial charge in [-0.05, 0) is 36.8 Å². The topological polar surface area (TPSA) is 54.3 Å². The van der Waals surface area contributed by atoms with Crippen LogP contribution in [0.2, 0.25) is 0 Å². The molecule has 5 nitrogen and oxygen atoms in total. The van der Waals surface area contributed by atoms with Crippen LogP contribution in [0.25, 0.3) is 0 Å². The van der Waals surface area contributed by atoms with Crippen LogP contribution in [-0.2, 0) is 17.9 Å². The van der Waals surface area contributed by atoms with Gasteiger partial charge in [-0.1, -0.05) is 0 Å². The number of fused-ring (bicyclic) bond motifs is 1. The van der Waals surface area contributed by atoms with Crippen molar-refractivity contribution < 1.29 is 18.4 Å². The van der Waals surface area contributed by atoms with E-state index in [1.54, 1.807) is 18.9 Å². The Morgan fingerprint density at radius 2 is 1.96 bits per heavy atom. The number of hydrogen-bond acceptors (Lipinski definition) is 2. The number of carbonyl (C=O) groups excluding carboxylic acids is 2. The summed E-state index contributed by atoms with van der Waals surface area (Å²) in [6.07, 6.45) is 2.21. The van der Waals surface area contributed by atoms with Gasteiger partial charge in [0.25, 0.3) is 5.91 Å². The number of carbonyl (C=O) groups is 2. The van der Waals surface area contributed by atoms with E-state index in [-0.39, 0.29) is 29.7 Å². The Morgan fingerprint density at radius 1 is 1.23 bits per heavy atom. The quantitative estimate of drug-likeness (QED) is 0.913. The van der Waals surface area contributed by atoms with Gasteiger partial charge >= 0.3 is 0 Å². The van der Waals surface area contributed by atoms with E-state index in [1.165, 1.54) is 0 Å². The van der Waals surface area contributed by atoms with Gasteiger partial charge in [-0.3, -0.25) is 9.59 Å². The molecule has 0 saturated heterocycles. The summed E-state index contributed by atoms with van der Waals surface area (Å²) in [5.41, 5.74) is 1.47. The van der Waals surface area contributed by atoms with Crippen molar-refractivity contribution in [3.05, 3.63) is 58.9 Å². The summed E-state index contributed by atoms with van der Waals surface area (Å²) in [5, 5.41) is 2.61. The number of aromatic nitrogens is 1. The summed E-state index contributed by atoms with van der Waals surface area (Å²) in [7, 11) is 1.58. The van der Waals surface area contributed by atoms with Gasteiger partial charge in [0, 0.05) is 49.9 Å². The predicted molar refractivity (Wildman–Crippen MR) is 92.4 cm³/mol. The molecule has 0 unspecified atom stereocenters. The van der Waals surface area contributed by atoms with Crippen LogP contribution >= 0.6 is 0 Å². The largest absolute Gasteiger partial charge is 0.359 e. The summed E-state index contributed by atoms with van der Waals surface area (Å²) < 4.78 is 29.1. The number of hydrogen-bond donors (Lipinski definition) is 1. The lowest BCUT2D eigenvalue weighted by atomic mass is 10.0. The number of rotatable bonds is 3. The fourth-order valence-corrected chi connectivity index (χ4v) is 3.37. The summed E-state index contributed by atoms with van der Waals surface area (Å²) in [6.45, 7) is 2.93. The van der Waals surface area contributed by atoms with Crippen molar-refractivity contribution in [2.45, 2.75) is 26.4 Å². The average molecular weight is 361 g/mol. The third-order valence-corrected chi connectivity index (χ3v) is 4.75. The van der Waals surface area contributed by atoms with E-state index in [2.05, 4.69) is 5.32 Å². The monoisotopic (exact) mass is 361 g/mol. The van der Waals surface area contributed by atoms with Crippen LogP contribution < -0.4 is 5.32 Å². The second kappa shape index (κ2) is 7.27. The zero-order valence-corrected chi connectivity index (χ0v) is 14.8. The van der Waals surface area contributed by atoms with Crippen molar-refractivity contribution in [3.8, 4) is 0 Å². The summed E-state index contributed by atoms with van der Waals surface area (Å²) >= 11 is 0. The summed E-state index contributed by atoms with van der Waals surface area (Å²) in [4.78, 5) is 26.4. The SMILES string of the molecule is CNC(=O)C[C@@H]1CN(C(=O)c2cc(F)c(F)cc2C)Cc2cccn2C1. The maximum Gasteiger partial charge on any atom is 0.254 e. The van der Waals surface area contributed by atoms with Crippen LogP contribution in [-0.4, -0.2) is 34.9 Å². The first-order valence-electron chi connectivity index (χ1n) is 8.48. The second-order valence-electron chi connectivity index (χ2n) is 6.66. The molecular weight excluding hydrogens is 340 g/mol. The van der Waals surface area contributed by atoms with Gasteiger partial charge in [-0.15, -0.1) is 0 Å². The molecule has 0 radical (unpaired) electrons. The number of nitrogens with zero attached hydrogens (tertiary/aromatic N) is 2. The second-order valence-corrected chi connectivity index (χ2v) is 6.66. The van der Waals surface area contributed by atoms with E-state index < -0.39 is 11.6 Å². The van der Waals surface area contributed by atoms with Crippen molar-refractivity contribution in [3.63, 3.8) is 0 Å². The highest BCUT2D eigenvalue weighted by molar-refractivity contribution is 5.95. The highest BCUT2D eigenvalue weighted by atomic mass is 19.2. The first kappa shape index (κ1) is 18.1. The van der Waals surface area contributed by atoms with Crippen LogP contribution in [0.3, 0.4) is 0 Å². The van der Waals surface area contributed by atoms with Crippen molar-refractivity contribution in [1.29, 1.82) is 0 Å². The summed E-state index contributed by atoms with van der Waals surface area (Å²) in [5.74, 6) is -2.54. The molecule has 0 fully saturated rings. The number of amides is 2. The molecule has 1 aliphatic rings. The third kappa shape index (κ3) is 3.61. The van der Waals surface area contributed by atoms with E-state index in [9.17, 15) is 18.4 Å². The standard InChI is InChI=1S/C19H21F2N3O2/c1-12-6-16(20)17(21)8-15(12)19(26)24-10-13(7-18(25)22-2)9-23-5-3-4-14(23)11-24/h3-6,8,13H,7,9-11H2,1-2H3,(H,22,25)/t13-/m0/s1. The molecule has 26 heavy (non-hydrogen) atoms. The molecule has 2 aromatic rings. The normalized spacial score (nSPS) is 16.8. The lowest BCUT2D eigenvalue weighted by Gasteiger charge is -2.24. The Morgan fingerprint density at radius 3 is 2.69 bits per heavy atom. The highest BCUT2D eigenvalue weighted by Gasteiger charge is 2.28. The average Bonchev–Trinajstić information content (AvgIpc) is 2.96. The van der Waals surface area contributed by atoms with E-state index in [0.717, 1.165) is 17.8 Å². The number of nitrogens with one attached hydrogen (secondary N) is 1. The Labute approximate surface area is 150 Å². The zero-order chi connectivity index (χ0) is 18.8. The minimum Gasteiger partial charge on any atom is -0.359 e. The Kier molecular flexibility index (Phi) is 5.06. The minimum atomic E-state index is -1.04. The molecule has 1 N–H and O–H groups in total. The van der Waals surface area contributed by atoms with Gasteiger partial charge in [-0.2, -0.15) is 0 Å². The Hall–Kier alpha value is -2.70. The van der Waals surface area contributed by atoms with Gasteiger partial charge in [-0.25, -0.2) is 8.78 Å². The predicted octanol–water partition coefficient (Wildman–Crippen LogP) is 2.48. The minimum absolute atomic E-state index is 0.0712. The van der Waals surface area contributed by atoms with E-state index in [0.29, 0.717) is 25.2 Å². The van der Waals surface area contributed by atoms with Crippen LogP contribution in [0.4, 0.5) is 8.78 Å². The number of aryl methyl sites for hydroxylation is 1. The lowest BCUT2D eigenvalue weighted by molar-refractivity contribution is -0.121. The number of benzene rings is 1. The molecule has 0 bridgehead atoms. The molecule has 1 atom stereocenters. The molecule has 2 amide bonds. The number of halogens is 2. The first-order chi connectivity index (χ1) is 12.4. The summed E-state index contributed by atoms with van der Waals surface area (Å²) in [6, 6.07) is 5.79. The fraction of sp³-hybridized carbons (Fsp3) is 0.368. The first-order valence-corrected chi connectivity index (χ1v) is 8.48. The van der Waals surface area contributed by atoms with Gasteiger partial charge in [0.1, 0.15) is 0 Å². The molecule has 1 aromatic heterocycles. The molecule has 0 spiro atoms. The van der Waals surface area contributed by atoms with E-state index in [1.807, 2.05) is 22.9 Å². The molecule has 7 heteroatoms. The Balaban J connectivity index is 1.91. The van der Waals surface area contributed by atoms with E-state index in [4.69, 9.17) is 0 Å². The highest BCUT2D eigenvalue weighted by Crippen LogP contribution is 2.23. The zero-order valence-electron chi connectivity index (χ0n) is 14.8. The molecular formula is C19H21F2N3O2. The fourth-order valence-electron chi connectivity index (χ4n) is 3.37. The maximum absolute atomic E-state index is 13.6. The third-order valence-electron chi connectivity index (χ3n) is 4.75. The molecule has 1 aliphatic heterocycles. The molecule has 0 aliphatic carbocycles. The Bertz CT molecular complexity index is 847. The van der Waals surface area contributed by atoms with Crippen LogP contribution in [0.5, 0.6) is 0 Å². The molecule has 1 aromatic carbocycles. The van der Waals surface area contributed by atoms with Crippen molar-refractivity contribution in [2.75, 3.05) is 13.6 Å². The molecule has 2 heterocycles. The molecule has 0 saturated carbocycles. The molecule has 3 rings (SSSR count). The van der Waals surface area contributed by atoms with Crippen molar-refractivity contribution in [2.24, 2.45) is 5.92 Å². The van der Waals surface area contributed by atoms with Crippen LogP contribution in [0.1, 0.15) is 28.0 Å². The van der Waals surface area contributed by atoms with E-state index >= 15 is 0 Å². The van der Waals surface area contributed by atoms with Crippen molar-refractivity contribution in [1.82, 2.24) is 14.8 Å². The van der Waals surface area contributed by atoms with Gasteiger partial charge < -0.3 is 14.8 Å². The lowest BCUT2D eigenvalue weighted by Crippen LogP contribution is -2.36. The van der Waals surface area contributed by atoms with Gasteiger partial charge in [0.2, 0.25) is 5.91 Å². The maximum atomic E-state index is 13.6. The molecule has 138 valence electrons. The van der Waals surface area contributed by atoms with Gasteiger partial charge in [0.15, 0.2) is 11.6 Å². The van der Waals surface area contributed by atoms with Crippen LogP contribution in [0.15, 0.2) is 30.5 Å².